The molecule has 1 unspecified atom stereocenters. The smallest absolute Gasteiger partial charge is 0.0646 e. The first-order chi connectivity index (χ1) is 10.1. The van der Waals surface area contributed by atoms with Gasteiger partial charge in [-0.25, -0.2) is 0 Å². The molecule has 21 heavy (non-hydrogen) atoms. The highest BCUT2D eigenvalue weighted by molar-refractivity contribution is 7.12. The van der Waals surface area contributed by atoms with Crippen molar-refractivity contribution in [3.63, 3.8) is 0 Å². The van der Waals surface area contributed by atoms with Gasteiger partial charge in [-0.2, -0.15) is 0 Å². The van der Waals surface area contributed by atoms with Gasteiger partial charge < -0.3 is 5.73 Å². The molecule has 0 amide bonds. The summed E-state index contributed by atoms with van der Waals surface area (Å²) < 4.78 is 0. The standard InChI is InChI=1S/C19H19NS/c1-13-12-18(21-14(13)2)19(20)17-10-8-16(9-11-17)15-6-4-3-5-7-15/h3-12,19H,20H2,1-2H3. The average molecular weight is 293 g/mol. The summed E-state index contributed by atoms with van der Waals surface area (Å²) in [4.78, 5) is 2.58. The van der Waals surface area contributed by atoms with E-state index in [1.165, 1.54) is 26.4 Å². The Labute approximate surface area is 130 Å². The monoisotopic (exact) mass is 293 g/mol. The van der Waals surface area contributed by atoms with Crippen LogP contribution in [0.15, 0.2) is 60.7 Å². The summed E-state index contributed by atoms with van der Waals surface area (Å²) in [6.07, 6.45) is 0. The van der Waals surface area contributed by atoms with E-state index >= 15 is 0 Å². The highest BCUT2D eigenvalue weighted by atomic mass is 32.1. The molecule has 0 fully saturated rings. The van der Waals surface area contributed by atoms with Crippen molar-refractivity contribution in [2.75, 3.05) is 0 Å². The first-order valence-electron chi connectivity index (χ1n) is 7.13. The van der Waals surface area contributed by atoms with Crippen LogP contribution in [-0.4, -0.2) is 0 Å². The fraction of sp³-hybridized carbons (Fsp3) is 0.158. The van der Waals surface area contributed by atoms with Gasteiger partial charge >= 0.3 is 0 Å². The van der Waals surface area contributed by atoms with Crippen molar-refractivity contribution in [3.8, 4) is 11.1 Å². The molecule has 2 aromatic carbocycles. The second kappa shape index (κ2) is 5.84. The number of thiophene rings is 1. The maximum absolute atomic E-state index is 6.40. The summed E-state index contributed by atoms with van der Waals surface area (Å²) in [6, 6.07) is 21.2. The molecule has 0 aliphatic heterocycles. The molecule has 0 saturated carbocycles. The van der Waals surface area contributed by atoms with Crippen molar-refractivity contribution in [1.82, 2.24) is 0 Å². The fourth-order valence-corrected chi connectivity index (χ4v) is 3.51. The maximum Gasteiger partial charge on any atom is 0.0646 e. The Morgan fingerprint density at radius 2 is 1.48 bits per heavy atom. The molecule has 0 bridgehead atoms. The Balaban J connectivity index is 1.87. The lowest BCUT2D eigenvalue weighted by molar-refractivity contribution is 0.893. The lowest BCUT2D eigenvalue weighted by Crippen LogP contribution is -2.09. The number of nitrogens with two attached hydrogens (primary N) is 1. The van der Waals surface area contributed by atoms with E-state index < -0.39 is 0 Å². The van der Waals surface area contributed by atoms with Crippen LogP contribution in [-0.2, 0) is 0 Å². The SMILES string of the molecule is Cc1cc(C(N)c2ccc(-c3ccccc3)cc2)sc1C. The molecule has 0 aliphatic carbocycles. The van der Waals surface area contributed by atoms with Crippen molar-refractivity contribution in [2.24, 2.45) is 5.73 Å². The van der Waals surface area contributed by atoms with Crippen molar-refractivity contribution < 1.29 is 0 Å². The van der Waals surface area contributed by atoms with E-state index in [4.69, 9.17) is 5.73 Å². The molecule has 1 atom stereocenters. The second-order valence-electron chi connectivity index (χ2n) is 5.35. The first-order valence-corrected chi connectivity index (χ1v) is 7.94. The van der Waals surface area contributed by atoms with Gasteiger partial charge in [0, 0.05) is 9.75 Å². The fourth-order valence-electron chi connectivity index (χ4n) is 2.43. The molecule has 0 aliphatic rings. The molecule has 106 valence electrons. The minimum absolute atomic E-state index is 0.0350. The van der Waals surface area contributed by atoms with Crippen LogP contribution in [0.5, 0.6) is 0 Å². The summed E-state index contributed by atoms with van der Waals surface area (Å²) in [6.45, 7) is 4.29. The normalized spacial score (nSPS) is 12.3. The van der Waals surface area contributed by atoms with E-state index in [0.29, 0.717) is 0 Å². The molecule has 0 spiro atoms. The number of hydrogen-bond donors (Lipinski definition) is 1. The molecule has 1 heterocycles. The molecule has 2 heteroatoms. The molecular weight excluding hydrogens is 274 g/mol. The van der Waals surface area contributed by atoms with Gasteiger partial charge in [0.25, 0.3) is 0 Å². The zero-order valence-corrected chi connectivity index (χ0v) is 13.2. The lowest BCUT2D eigenvalue weighted by atomic mass is 10.0. The summed E-state index contributed by atoms with van der Waals surface area (Å²) >= 11 is 1.79. The van der Waals surface area contributed by atoms with Gasteiger partial charge in [-0.15, -0.1) is 11.3 Å². The van der Waals surface area contributed by atoms with Gasteiger partial charge in [0.05, 0.1) is 6.04 Å². The van der Waals surface area contributed by atoms with Crippen molar-refractivity contribution in [2.45, 2.75) is 19.9 Å². The van der Waals surface area contributed by atoms with E-state index in [-0.39, 0.29) is 6.04 Å². The highest BCUT2D eigenvalue weighted by Crippen LogP contribution is 2.30. The zero-order valence-electron chi connectivity index (χ0n) is 12.3. The van der Waals surface area contributed by atoms with E-state index in [0.717, 1.165) is 5.56 Å². The Hall–Kier alpha value is -1.90. The number of benzene rings is 2. The third-order valence-electron chi connectivity index (χ3n) is 3.87. The average Bonchev–Trinajstić information content (AvgIpc) is 2.87. The number of rotatable bonds is 3. The first kappa shape index (κ1) is 14.1. The van der Waals surface area contributed by atoms with Gasteiger partial charge in [0.2, 0.25) is 0 Å². The minimum atomic E-state index is -0.0350. The molecule has 0 saturated heterocycles. The van der Waals surface area contributed by atoms with Gasteiger partial charge in [-0.05, 0) is 42.2 Å². The lowest BCUT2D eigenvalue weighted by Gasteiger charge is -2.11. The molecule has 1 nitrogen and oxygen atoms in total. The van der Waals surface area contributed by atoms with Crippen LogP contribution >= 0.6 is 11.3 Å². The zero-order chi connectivity index (χ0) is 14.8. The molecular formula is C19H19NS. The molecule has 2 N–H and O–H groups in total. The van der Waals surface area contributed by atoms with E-state index in [2.05, 4.69) is 68.4 Å². The Bertz CT molecular complexity index is 707. The third-order valence-corrected chi connectivity index (χ3v) is 5.10. The van der Waals surface area contributed by atoms with Crippen molar-refractivity contribution >= 4 is 11.3 Å². The quantitative estimate of drug-likeness (QED) is 0.716. The predicted octanol–water partition coefficient (Wildman–Crippen LogP) is 5.08. The van der Waals surface area contributed by atoms with Gasteiger partial charge in [-0.3, -0.25) is 0 Å². The van der Waals surface area contributed by atoms with Crippen LogP contribution < -0.4 is 5.73 Å². The van der Waals surface area contributed by atoms with Crippen molar-refractivity contribution in [1.29, 1.82) is 0 Å². The van der Waals surface area contributed by atoms with Crippen molar-refractivity contribution in [3.05, 3.63) is 81.5 Å². The highest BCUT2D eigenvalue weighted by Gasteiger charge is 2.12. The van der Waals surface area contributed by atoms with Gasteiger partial charge in [0.15, 0.2) is 0 Å². The van der Waals surface area contributed by atoms with E-state index in [1.54, 1.807) is 11.3 Å². The van der Waals surface area contributed by atoms with Crippen LogP contribution in [0.3, 0.4) is 0 Å². The number of aryl methyl sites for hydroxylation is 2. The van der Waals surface area contributed by atoms with E-state index in [1.807, 2.05) is 6.07 Å². The summed E-state index contributed by atoms with van der Waals surface area (Å²) in [5.74, 6) is 0. The summed E-state index contributed by atoms with van der Waals surface area (Å²) in [5, 5.41) is 0. The summed E-state index contributed by atoms with van der Waals surface area (Å²) in [5.41, 5.74) is 11.3. The Morgan fingerprint density at radius 1 is 0.857 bits per heavy atom. The molecule has 0 radical (unpaired) electrons. The van der Waals surface area contributed by atoms with Crippen LogP contribution in [0, 0.1) is 13.8 Å². The third kappa shape index (κ3) is 2.92. The second-order valence-corrected chi connectivity index (χ2v) is 6.64. The van der Waals surface area contributed by atoms with Gasteiger partial charge in [-0.1, -0.05) is 54.6 Å². The number of hydrogen-bond acceptors (Lipinski definition) is 2. The Morgan fingerprint density at radius 3 is 2.05 bits per heavy atom. The van der Waals surface area contributed by atoms with E-state index in [9.17, 15) is 0 Å². The minimum Gasteiger partial charge on any atom is -0.320 e. The Kier molecular flexibility index (Phi) is 3.91. The molecule has 1 aromatic heterocycles. The van der Waals surface area contributed by atoms with Crippen LogP contribution in [0.1, 0.15) is 26.9 Å². The predicted molar refractivity (Wildman–Crippen MR) is 91.7 cm³/mol. The topological polar surface area (TPSA) is 26.0 Å². The summed E-state index contributed by atoms with van der Waals surface area (Å²) in [7, 11) is 0. The van der Waals surface area contributed by atoms with Crippen LogP contribution in [0.25, 0.3) is 11.1 Å². The van der Waals surface area contributed by atoms with Crippen LogP contribution in [0.2, 0.25) is 0 Å². The van der Waals surface area contributed by atoms with Crippen LogP contribution in [0.4, 0.5) is 0 Å². The largest absolute Gasteiger partial charge is 0.320 e. The maximum atomic E-state index is 6.40. The van der Waals surface area contributed by atoms with Gasteiger partial charge in [0.1, 0.15) is 0 Å². The molecule has 3 aromatic rings. The molecule has 3 rings (SSSR count).